The van der Waals surface area contributed by atoms with Crippen LogP contribution < -0.4 is 9.47 Å². The minimum atomic E-state index is -0.494. The lowest BCUT2D eigenvalue weighted by Crippen LogP contribution is -2.10. The van der Waals surface area contributed by atoms with E-state index in [9.17, 15) is 14.4 Å². The lowest BCUT2D eigenvalue weighted by atomic mass is 10.1. The van der Waals surface area contributed by atoms with E-state index in [-0.39, 0.29) is 6.61 Å². The van der Waals surface area contributed by atoms with Crippen molar-refractivity contribution in [3.8, 4) is 11.5 Å². The Morgan fingerprint density at radius 1 is 0.800 bits per heavy atom. The molecule has 0 radical (unpaired) electrons. The number of benzene rings is 2. The molecule has 0 heterocycles. The van der Waals surface area contributed by atoms with Gasteiger partial charge >= 0.3 is 17.9 Å². The van der Waals surface area contributed by atoms with Gasteiger partial charge in [0, 0.05) is 25.3 Å². The van der Waals surface area contributed by atoms with Crippen molar-refractivity contribution in [2.75, 3.05) is 20.3 Å². The quantitative estimate of drug-likeness (QED) is 0.197. The third-order valence-corrected chi connectivity index (χ3v) is 4.90. The number of hydrogen-bond donors (Lipinski definition) is 0. The maximum Gasteiger partial charge on any atom is 0.343 e. The van der Waals surface area contributed by atoms with Crippen LogP contribution in [0.25, 0.3) is 0 Å². The molecule has 2 aromatic rings. The van der Waals surface area contributed by atoms with Crippen LogP contribution in [0.4, 0.5) is 0 Å². The van der Waals surface area contributed by atoms with Crippen molar-refractivity contribution in [1.29, 1.82) is 0 Å². The van der Waals surface area contributed by atoms with Crippen LogP contribution in [0.1, 0.15) is 40.0 Å². The van der Waals surface area contributed by atoms with Gasteiger partial charge in [-0.15, -0.1) is 0 Å². The Bertz CT molecular complexity index is 1110. The van der Waals surface area contributed by atoms with E-state index in [2.05, 4.69) is 6.58 Å². The van der Waals surface area contributed by atoms with Crippen molar-refractivity contribution < 1.29 is 38.1 Å². The van der Waals surface area contributed by atoms with E-state index in [1.807, 2.05) is 0 Å². The van der Waals surface area contributed by atoms with Gasteiger partial charge in [-0.25, -0.2) is 14.4 Å². The third-order valence-electron chi connectivity index (χ3n) is 4.90. The molecule has 1 aliphatic carbocycles. The van der Waals surface area contributed by atoms with Crippen LogP contribution in [0.2, 0.25) is 0 Å². The molecule has 3 rings (SSSR count). The van der Waals surface area contributed by atoms with Gasteiger partial charge in [0.05, 0.1) is 31.5 Å². The summed E-state index contributed by atoms with van der Waals surface area (Å²) in [5.74, 6) is 0.778. The minimum Gasteiger partial charge on any atom is -0.497 e. The molecule has 2 aromatic carbocycles. The average molecular weight is 478 g/mol. The second-order valence-corrected chi connectivity index (χ2v) is 7.37. The van der Waals surface area contributed by atoms with Crippen LogP contribution in [0, 0.1) is 0 Å². The van der Waals surface area contributed by atoms with Crippen molar-refractivity contribution in [2.24, 2.45) is 0 Å². The first-order chi connectivity index (χ1) is 17.0. The molecule has 0 unspecified atom stereocenters. The fraction of sp³-hybridized carbons (Fsp3) is 0.222. The first-order valence-corrected chi connectivity index (χ1v) is 11.0. The van der Waals surface area contributed by atoms with Crippen LogP contribution >= 0.6 is 0 Å². The van der Waals surface area contributed by atoms with Gasteiger partial charge in [0.15, 0.2) is 0 Å². The summed E-state index contributed by atoms with van der Waals surface area (Å²) in [4.78, 5) is 35.7. The smallest absolute Gasteiger partial charge is 0.343 e. The fourth-order valence-electron chi connectivity index (χ4n) is 3.02. The van der Waals surface area contributed by atoms with Crippen molar-refractivity contribution in [1.82, 2.24) is 0 Å². The molecule has 0 spiro atoms. The summed E-state index contributed by atoms with van der Waals surface area (Å²) in [6.45, 7) is 3.92. The van der Waals surface area contributed by atoms with Crippen LogP contribution in [0.5, 0.6) is 11.5 Å². The molecule has 8 heteroatoms. The van der Waals surface area contributed by atoms with Crippen molar-refractivity contribution in [3.05, 3.63) is 96.0 Å². The highest BCUT2D eigenvalue weighted by Gasteiger charge is 2.17. The van der Waals surface area contributed by atoms with Crippen LogP contribution in [-0.2, 0) is 19.0 Å². The molecule has 0 atom stereocenters. The van der Waals surface area contributed by atoms with Gasteiger partial charge in [-0.05, 0) is 60.7 Å². The molecule has 1 aliphatic rings. The predicted molar refractivity (Wildman–Crippen MR) is 127 cm³/mol. The zero-order valence-electron chi connectivity index (χ0n) is 19.4. The Balaban J connectivity index is 1.45. The summed E-state index contributed by atoms with van der Waals surface area (Å²) in [6, 6.07) is 13.2. The highest BCUT2D eigenvalue weighted by Crippen LogP contribution is 2.23. The Labute approximate surface area is 203 Å². The van der Waals surface area contributed by atoms with Crippen LogP contribution in [0.15, 0.2) is 84.9 Å². The SMILES string of the molecule is C=CC(=O)OCCCOc1ccc(C(=O)OC2=CC=C(OC(=O)c3ccc(OC)cc3)CC2)cc1. The van der Waals surface area contributed by atoms with E-state index in [1.54, 1.807) is 67.8 Å². The Kier molecular flexibility index (Phi) is 9.24. The number of esters is 3. The van der Waals surface area contributed by atoms with E-state index in [0.29, 0.717) is 60.0 Å². The molecule has 182 valence electrons. The van der Waals surface area contributed by atoms with Crippen molar-refractivity contribution in [2.45, 2.75) is 19.3 Å². The lowest BCUT2D eigenvalue weighted by Gasteiger charge is -2.15. The van der Waals surface area contributed by atoms with Gasteiger partial charge in [0.1, 0.15) is 23.0 Å². The number of carbonyl (C=O) groups excluding carboxylic acids is 3. The first-order valence-electron chi connectivity index (χ1n) is 11.0. The molecule has 0 saturated carbocycles. The molecular formula is C27H26O8. The fourth-order valence-corrected chi connectivity index (χ4v) is 3.02. The zero-order chi connectivity index (χ0) is 25.0. The van der Waals surface area contributed by atoms with Gasteiger partial charge in [-0.3, -0.25) is 0 Å². The lowest BCUT2D eigenvalue weighted by molar-refractivity contribution is -0.137. The number of allylic oxidation sites excluding steroid dienone is 4. The molecule has 35 heavy (non-hydrogen) atoms. The second-order valence-electron chi connectivity index (χ2n) is 7.37. The topological polar surface area (TPSA) is 97.4 Å². The Morgan fingerprint density at radius 3 is 1.77 bits per heavy atom. The molecule has 0 saturated heterocycles. The van der Waals surface area contributed by atoms with E-state index in [0.717, 1.165) is 6.08 Å². The summed E-state index contributed by atoms with van der Waals surface area (Å²) in [5, 5.41) is 0. The van der Waals surface area contributed by atoms with E-state index >= 15 is 0 Å². The average Bonchev–Trinajstić information content (AvgIpc) is 2.89. The maximum absolute atomic E-state index is 12.4. The summed E-state index contributed by atoms with van der Waals surface area (Å²) < 4.78 is 26.4. The number of rotatable bonds is 11. The summed E-state index contributed by atoms with van der Waals surface area (Å²) in [6.07, 6.45) is 5.73. The van der Waals surface area contributed by atoms with Crippen molar-refractivity contribution in [3.63, 3.8) is 0 Å². The minimum absolute atomic E-state index is 0.237. The Morgan fingerprint density at radius 2 is 1.31 bits per heavy atom. The summed E-state index contributed by atoms with van der Waals surface area (Å²) in [7, 11) is 1.55. The highest BCUT2D eigenvalue weighted by atomic mass is 16.5. The monoisotopic (exact) mass is 478 g/mol. The third kappa shape index (κ3) is 7.89. The molecular weight excluding hydrogens is 452 g/mol. The highest BCUT2D eigenvalue weighted by molar-refractivity contribution is 5.91. The number of methoxy groups -OCH3 is 1. The van der Waals surface area contributed by atoms with E-state index < -0.39 is 17.9 Å². The van der Waals surface area contributed by atoms with Crippen LogP contribution in [0.3, 0.4) is 0 Å². The molecule has 8 nitrogen and oxygen atoms in total. The second kappa shape index (κ2) is 12.8. The van der Waals surface area contributed by atoms with Crippen molar-refractivity contribution >= 4 is 17.9 Å². The molecule has 0 bridgehead atoms. The van der Waals surface area contributed by atoms with Gasteiger partial charge in [-0.1, -0.05) is 6.58 Å². The molecule has 0 amide bonds. The van der Waals surface area contributed by atoms with Gasteiger partial charge in [0.2, 0.25) is 0 Å². The predicted octanol–water partition coefficient (Wildman–Crippen LogP) is 4.77. The molecule has 0 fully saturated rings. The first kappa shape index (κ1) is 25.3. The van der Waals surface area contributed by atoms with Gasteiger partial charge in [-0.2, -0.15) is 0 Å². The molecule has 0 N–H and O–H groups in total. The number of ether oxygens (including phenoxy) is 5. The number of hydrogen-bond acceptors (Lipinski definition) is 8. The Hall–Kier alpha value is -4.33. The normalized spacial score (nSPS) is 12.5. The largest absolute Gasteiger partial charge is 0.497 e. The van der Waals surface area contributed by atoms with Gasteiger partial charge in [0.25, 0.3) is 0 Å². The standard InChI is InChI=1S/C27H26O8/c1-3-25(28)33-18-4-17-32-22-11-7-20(8-12-22)27(30)35-24-15-13-23(14-16-24)34-26(29)19-5-9-21(31-2)10-6-19/h3,5-13,15H,1,4,14,16-18H2,2H3. The molecule has 0 aromatic heterocycles. The molecule has 0 aliphatic heterocycles. The van der Waals surface area contributed by atoms with E-state index in [4.69, 9.17) is 23.7 Å². The zero-order valence-corrected chi connectivity index (χ0v) is 19.4. The van der Waals surface area contributed by atoms with Crippen LogP contribution in [-0.4, -0.2) is 38.2 Å². The van der Waals surface area contributed by atoms with Gasteiger partial charge < -0.3 is 23.7 Å². The summed E-state index contributed by atoms with van der Waals surface area (Å²) in [5.41, 5.74) is 0.787. The van der Waals surface area contributed by atoms with E-state index in [1.165, 1.54) is 0 Å². The summed E-state index contributed by atoms with van der Waals surface area (Å²) >= 11 is 0. The maximum atomic E-state index is 12.4. The number of carbonyl (C=O) groups is 3.